The van der Waals surface area contributed by atoms with Crippen LogP contribution in [-0.4, -0.2) is 77.4 Å². The molecule has 0 unspecified atom stereocenters. The molecule has 2 rings (SSSR count). The Morgan fingerprint density at radius 2 is 1.20 bits per heavy atom. The van der Waals surface area contributed by atoms with Gasteiger partial charge in [-0.2, -0.15) is 0 Å². The van der Waals surface area contributed by atoms with Crippen molar-refractivity contribution in [1.29, 1.82) is 0 Å². The molecule has 5 amide bonds. The van der Waals surface area contributed by atoms with E-state index in [9.17, 15) is 33.9 Å². The van der Waals surface area contributed by atoms with E-state index < -0.39 is 53.9 Å². The number of nitrogens with one attached hydrogen (secondary N) is 5. The standard InChI is InChI=1S/C41H62N6O7/c1-8-28(7)38(40(52)47-37(26(4)5)41(53)54)46-35(50)23-31(42)32(21-29-15-11-9-12-16-29)44-39(51)36(25(2)3)45-33(48)20-19-27(6)24-43-34(49)22-30-17-13-10-14-18-30/h9-18,25-28,31-32,36-38H,8,19-24,42H2,1-7H3,(H,43,49)(H,44,51)(H,45,48)(H,46,50)(H,47,52)(H,53,54)/t27-,28-,31-,32-,36-,37-,38-/m0/s1. The molecule has 0 spiro atoms. The average Bonchev–Trinajstić information content (AvgIpc) is 3.12. The summed E-state index contributed by atoms with van der Waals surface area (Å²) in [5.41, 5.74) is 8.41. The Morgan fingerprint density at radius 1 is 0.667 bits per heavy atom. The van der Waals surface area contributed by atoms with Crippen molar-refractivity contribution in [3.05, 3.63) is 71.8 Å². The molecular formula is C41H62N6O7. The van der Waals surface area contributed by atoms with Gasteiger partial charge in [-0.15, -0.1) is 0 Å². The SMILES string of the molecule is CC[C@H](C)[C@H](NC(=O)C[C@H](N)[C@H](Cc1ccccc1)NC(=O)[C@@H](NC(=O)CC[C@H](C)CNC(=O)Cc1ccccc1)C(C)C)C(=O)N[C@H](C(=O)O)C(C)C. The second-order valence-corrected chi connectivity index (χ2v) is 15.1. The third-order valence-corrected chi connectivity index (χ3v) is 9.59. The van der Waals surface area contributed by atoms with Crippen LogP contribution >= 0.6 is 0 Å². The van der Waals surface area contributed by atoms with Crippen LogP contribution in [0.2, 0.25) is 0 Å². The second kappa shape index (κ2) is 23.1. The van der Waals surface area contributed by atoms with Crippen LogP contribution in [0.1, 0.15) is 85.3 Å². The summed E-state index contributed by atoms with van der Waals surface area (Å²) in [5.74, 6) is -4.03. The van der Waals surface area contributed by atoms with Crippen LogP contribution in [0.25, 0.3) is 0 Å². The first-order chi connectivity index (χ1) is 25.5. The molecule has 0 aliphatic heterocycles. The van der Waals surface area contributed by atoms with E-state index in [0.29, 0.717) is 25.8 Å². The van der Waals surface area contributed by atoms with Crippen molar-refractivity contribution < 1.29 is 33.9 Å². The van der Waals surface area contributed by atoms with Gasteiger partial charge in [0.05, 0.1) is 6.42 Å². The third kappa shape index (κ3) is 16.1. The van der Waals surface area contributed by atoms with E-state index in [-0.39, 0.29) is 54.7 Å². The first kappa shape index (κ1) is 45.4. The van der Waals surface area contributed by atoms with Crippen molar-refractivity contribution in [3.8, 4) is 0 Å². The first-order valence-corrected chi connectivity index (χ1v) is 19.0. The lowest BCUT2D eigenvalue weighted by atomic mass is 9.94. The molecule has 13 nitrogen and oxygen atoms in total. The fourth-order valence-corrected chi connectivity index (χ4v) is 5.89. The fourth-order valence-electron chi connectivity index (χ4n) is 5.89. The van der Waals surface area contributed by atoms with Gasteiger partial charge in [0.1, 0.15) is 18.1 Å². The highest BCUT2D eigenvalue weighted by molar-refractivity contribution is 5.91. The minimum atomic E-state index is -1.17. The largest absolute Gasteiger partial charge is 0.480 e. The number of aliphatic carboxylic acids is 1. The minimum absolute atomic E-state index is 0.0287. The number of hydrogen-bond acceptors (Lipinski definition) is 7. The number of carboxylic acid groups (broad SMARTS) is 1. The fraction of sp³-hybridized carbons (Fsp3) is 0.561. The van der Waals surface area contributed by atoms with Gasteiger partial charge in [0.25, 0.3) is 0 Å². The van der Waals surface area contributed by atoms with Crippen LogP contribution in [0.5, 0.6) is 0 Å². The minimum Gasteiger partial charge on any atom is -0.480 e. The number of nitrogens with two attached hydrogens (primary N) is 1. The molecule has 2 aromatic carbocycles. The zero-order chi connectivity index (χ0) is 40.4. The predicted molar refractivity (Wildman–Crippen MR) is 209 cm³/mol. The summed E-state index contributed by atoms with van der Waals surface area (Å²) in [6.45, 7) is 13.0. The topological polar surface area (TPSA) is 209 Å². The molecular weight excluding hydrogens is 688 g/mol. The summed E-state index contributed by atoms with van der Waals surface area (Å²) in [7, 11) is 0. The molecule has 298 valence electrons. The molecule has 0 aliphatic carbocycles. The van der Waals surface area contributed by atoms with Crippen molar-refractivity contribution in [3.63, 3.8) is 0 Å². The van der Waals surface area contributed by atoms with Gasteiger partial charge in [0.15, 0.2) is 0 Å². The van der Waals surface area contributed by atoms with Crippen LogP contribution in [-0.2, 0) is 41.6 Å². The lowest BCUT2D eigenvalue weighted by Gasteiger charge is -2.30. The smallest absolute Gasteiger partial charge is 0.326 e. The number of amides is 5. The monoisotopic (exact) mass is 750 g/mol. The number of hydrogen-bond donors (Lipinski definition) is 7. The number of benzene rings is 2. The van der Waals surface area contributed by atoms with Crippen LogP contribution in [0.15, 0.2) is 60.7 Å². The van der Waals surface area contributed by atoms with Crippen molar-refractivity contribution in [2.75, 3.05) is 6.54 Å². The quantitative estimate of drug-likeness (QED) is 0.0896. The van der Waals surface area contributed by atoms with E-state index in [2.05, 4.69) is 26.6 Å². The van der Waals surface area contributed by atoms with E-state index in [0.717, 1.165) is 11.1 Å². The Bertz CT molecular complexity index is 1500. The van der Waals surface area contributed by atoms with Crippen LogP contribution < -0.4 is 32.3 Å². The van der Waals surface area contributed by atoms with E-state index in [1.165, 1.54) is 0 Å². The molecule has 13 heteroatoms. The second-order valence-electron chi connectivity index (χ2n) is 15.1. The zero-order valence-corrected chi connectivity index (χ0v) is 32.9. The molecule has 0 saturated heterocycles. The maximum atomic E-state index is 13.8. The Kier molecular flexibility index (Phi) is 19.4. The summed E-state index contributed by atoms with van der Waals surface area (Å²) in [5, 5.41) is 23.7. The molecule has 0 radical (unpaired) electrons. The molecule has 54 heavy (non-hydrogen) atoms. The summed E-state index contributed by atoms with van der Waals surface area (Å²) in [6, 6.07) is 14.2. The summed E-state index contributed by atoms with van der Waals surface area (Å²) in [6.07, 6.45) is 1.56. The van der Waals surface area contributed by atoms with E-state index in [1.54, 1.807) is 20.8 Å². The van der Waals surface area contributed by atoms with Gasteiger partial charge in [-0.1, -0.05) is 116 Å². The lowest BCUT2D eigenvalue weighted by Crippen LogP contribution is -2.58. The summed E-state index contributed by atoms with van der Waals surface area (Å²) in [4.78, 5) is 77.5. The summed E-state index contributed by atoms with van der Waals surface area (Å²) >= 11 is 0. The van der Waals surface area contributed by atoms with Crippen LogP contribution in [0, 0.1) is 23.7 Å². The van der Waals surface area contributed by atoms with Gasteiger partial charge >= 0.3 is 5.97 Å². The Balaban J connectivity index is 2.07. The molecule has 0 saturated carbocycles. The average molecular weight is 751 g/mol. The molecule has 0 aromatic heterocycles. The Hall–Kier alpha value is -4.78. The maximum Gasteiger partial charge on any atom is 0.326 e. The molecule has 7 atom stereocenters. The van der Waals surface area contributed by atoms with Crippen molar-refractivity contribution in [1.82, 2.24) is 26.6 Å². The van der Waals surface area contributed by atoms with Crippen LogP contribution in [0.4, 0.5) is 0 Å². The van der Waals surface area contributed by atoms with E-state index >= 15 is 0 Å². The zero-order valence-electron chi connectivity index (χ0n) is 32.9. The number of carbonyl (C=O) groups is 6. The van der Waals surface area contributed by atoms with Gasteiger partial charge in [-0.05, 0) is 47.6 Å². The van der Waals surface area contributed by atoms with E-state index in [1.807, 2.05) is 88.4 Å². The van der Waals surface area contributed by atoms with Crippen molar-refractivity contribution in [2.24, 2.45) is 29.4 Å². The van der Waals surface area contributed by atoms with Crippen molar-refractivity contribution >= 4 is 35.5 Å². The van der Waals surface area contributed by atoms with Crippen molar-refractivity contribution in [2.45, 2.75) is 117 Å². The van der Waals surface area contributed by atoms with Gasteiger partial charge in [-0.25, -0.2) is 4.79 Å². The normalized spacial score (nSPS) is 15.1. The highest BCUT2D eigenvalue weighted by Crippen LogP contribution is 2.14. The number of carbonyl (C=O) groups excluding carboxylic acids is 5. The van der Waals surface area contributed by atoms with E-state index in [4.69, 9.17) is 5.73 Å². The maximum absolute atomic E-state index is 13.8. The van der Waals surface area contributed by atoms with Gasteiger partial charge in [0, 0.05) is 31.5 Å². The van der Waals surface area contributed by atoms with Gasteiger partial charge < -0.3 is 37.4 Å². The summed E-state index contributed by atoms with van der Waals surface area (Å²) < 4.78 is 0. The molecule has 0 heterocycles. The Labute approximate surface area is 320 Å². The first-order valence-electron chi connectivity index (χ1n) is 19.0. The number of carboxylic acids is 1. The highest BCUT2D eigenvalue weighted by Gasteiger charge is 2.33. The number of rotatable bonds is 23. The Morgan fingerprint density at radius 3 is 1.74 bits per heavy atom. The molecule has 2 aromatic rings. The third-order valence-electron chi connectivity index (χ3n) is 9.59. The molecule has 0 bridgehead atoms. The lowest BCUT2D eigenvalue weighted by molar-refractivity contribution is -0.143. The van der Waals surface area contributed by atoms with Gasteiger partial charge in [-0.3, -0.25) is 24.0 Å². The predicted octanol–water partition coefficient (Wildman–Crippen LogP) is 3.10. The molecule has 0 aliphatic rings. The van der Waals surface area contributed by atoms with Crippen LogP contribution in [0.3, 0.4) is 0 Å². The van der Waals surface area contributed by atoms with Gasteiger partial charge in [0.2, 0.25) is 29.5 Å². The molecule has 0 fully saturated rings. The molecule has 8 N–H and O–H groups in total. The highest BCUT2D eigenvalue weighted by atomic mass is 16.4.